The molecule has 0 atom stereocenters. The average Bonchev–Trinajstić information content (AvgIpc) is 3.12. The number of rotatable bonds is 4. The Morgan fingerprint density at radius 1 is 1.23 bits per heavy atom. The quantitative estimate of drug-likeness (QED) is 0.888. The molecule has 0 spiro atoms. The number of hydrogen-bond donors (Lipinski definition) is 2. The monoisotopic (exact) mass is 325 g/mol. The third kappa shape index (κ3) is 3.99. The van der Waals surface area contributed by atoms with Gasteiger partial charge in [-0.25, -0.2) is 0 Å². The largest absolute Gasteiger partial charge is 0.335 e. The fourth-order valence-electron chi connectivity index (χ4n) is 2.57. The van der Waals surface area contributed by atoms with Crippen LogP contribution in [-0.2, 0) is 9.59 Å². The van der Waals surface area contributed by atoms with Crippen LogP contribution in [-0.4, -0.2) is 35.8 Å². The molecule has 1 aliphatic carbocycles. The third-order valence-corrected chi connectivity index (χ3v) is 3.88. The van der Waals surface area contributed by atoms with Crippen LogP contribution in [0.4, 0.5) is 5.69 Å². The molecule has 0 bridgehead atoms. The maximum atomic E-state index is 12.1. The number of aryl methyl sites for hydroxylation is 3. The van der Waals surface area contributed by atoms with Gasteiger partial charge in [0.2, 0.25) is 11.8 Å². The second-order valence-corrected chi connectivity index (χ2v) is 6.14. The minimum atomic E-state index is -0.731. The summed E-state index contributed by atoms with van der Waals surface area (Å²) < 4.78 is 0. The molecule has 5 nitrogen and oxygen atoms in total. The summed E-state index contributed by atoms with van der Waals surface area (Å²) in [5.41, 5.74) is 9.15. The fraction of sp³-hybridized carbons (Fsp3) is 0.500. The van der Waals surface area contributed by atoms with Crippen molar-refractivity contribution in [2.75, 3.05) is 18.9 Å². The Balaban J connectivity index is 0.00000242. The Hall–Kier alpha value is -1.59. The second kappa shape index (κ2) is 6.67. The van der Waals surface area contributed by atoms with Gasteiger partial charge in [-0.1, -0.05) is 17.7 Å². The van der Waals surface area contributed by atoms with Crippen molar-refractivity contribution in [1.82, 2.24) is 4.90 Å². The summed E-state index contributed by atoms with van der Waals surface area (Å²) >= 11 is 0. The van der Waals surface area contributed by atoms with E-state index < -0.39 is 5.54 Å². The van der Waals surface area contributed by atoms with Crippen LogP contribution in [0, 0.1) is 20.8 Å². The standard InChI is InChI=1S/C16H23N3O2.ClH/c1-10-7-11(2)14(12(3)8-10)18-13(20)9-19(4)15(21)16(17)5-6-16;/h7-8H,5-6,9,17H2,1-4H3,(H,18,20);1H. The van der Waals surface area contributed by atoms with E-state index in [1.165, 1.54) is 4.90 Å². The SMILES string of the molecule is Cc1cc(C)c(NC(=O)CN(C)C(=O)C2(N)CC2)c(C)c1.Cl. The van der Waals surface area contributed by atoms with E-state index in [0.29, 0.717) is 12.8 Å². The molecule has 3 N–H and O–H groups in total. The van der Waals surface area contributed by atoms with Crippen molar-refractivity contribution >= 4 is 29.9 Å². The lowest BCUT2D eigenvalue weighted by Crippen LogP contribution is -2.46. The van der Waals surface area contributed by atoms with Gasteiger partial charge in [0, 0.05) is 12.7 Å². The highest BCUT2D eigenvalue weighted by Gasteiger charge is 2.47. The van der Waals surface area contributed by atoms with Gasteiger partial charge in [0.15, 0.2) is 0 Å². The van der Waals surface area contributed by atoms with Gasteiger partial charge < -0.3 is 16.0 Å². The molecular formula is C16H24ClN3O2. The molecule has 1 aliphatic rings. The predicted octanol–water partition coefficient (Wildman–Crippen LogP) is 1.92. The van der Waals surface area contributed by atoms with E-state index in [2.05, 4.69) is 5.32 Å². The van der Waals surface area contributed by atoms with Crippen molar-refractivity contribution in [3.05, 3.63) is 28.8 Å². The molecule has 0 aliphatic heterocycles. The van der Waals surface area contributed by atoms with E-state index >= 15 is 0 Å². The van der Waals surface area contributed by atoms with Gasteiger partial charge in [-0.05, 0) is 44.7 Å². The zero-order chi connectivity index (χ0) is 15.8. The molecule has 122 valence electrons. The second-order valence-electron chi connectivity index (χ2n) is 6.14. The molecule has 22 heavy (non-hydrogen) atoms. The number of nitrogens with one attached hydrogen (secondary N) is 1. The summed E-state index contributed by atoms with van der Waals surface area (Å²) in [5, 5.41) is 2.89. The average molecular weight is 326 g/mol. The Labute approximate surface area is 137 Å². The van der Waals surface area contributed by atoms with Crippen LogP contribution in [0.15, 0.2) is 12.1 Å². The van der Waals surface area contributed by atoms with E-state index in [9.17, 15) is 9.59 Å². The third-order valence-electron chi connectivity index (χ3n) is 3.88. The Kier molecular flexibility index (Phi) is 5.59. The highest BCUT2D eigenvalue weighted by molar-refractivity contribution is 5.97. The van der Waals surface area contributed by atoms with Crippen LogP contribution in [0.5, 0.6) is 0 Å². The van der Waals surface area contributed by atoms with E-state index in [-0.39, 0.29) is 30.8 Å². The molecule has 1 aromatic carbocycles. The number of nitrogens with zero attached hydrogens (tertiary/aromatic N) is 1. The van der Waals surface area contributed by atoms with Gasteiger partial charge in [0.05, 0.1) is 12.1 Å². The number of nitrogens with two attached hydrogens (primary N) is 1. The molecule has 0 saturated heterocycles. The van der Waals surface area contributed by atoms with E-state index in [4.69, 9.17) is 5.73 Å². The van der Waals surface area contributed by atoms with Crippen LogP contribution in [0.3, 0.4) is 0 Å². The number of carbonyl (C=O) groups is 2. The smallest absolute Gasteiger partial charge is 0.243 e. The van der Waals surface area contributed by atoms with E-state index in [1.54, 1.807) is 7.05 Å². The van der Waals surface area contributed by atoms with Crippen LogP contribution in [0.2, 0.25) is 0 Å². The molecule has 0 radical (unpaired) electrons. The number of hydrogen-bond acceptors (Lipinski definition) is 3. The van der Waals surface area contributed by atoms with Crippen molar-refractivity contribution in [2.45, 2.75) is 39.2 Å². The van der Waals surface area contributed by atoms with Crippen molar-refractivity contribution in [3.8, 4) is 0 Å². The summed E-state index contributed by atoms with van der Waals surface area (Å²) in [6, 6.07) is 4.05. The number of amides is 2. The first-order valence-corrected chi connectivity index (χ1v) is 7.15. The maximum absolute atomic E-state index is 12.1. The molecular weight excluding hydrogens is 302 g/mol. The van der Waals surface area contributed by atoms with Gasteiger partial charge in [0.25, 0.3) is 0 Å². The van der Waals surface area contributed by atoms with Crippen LogP contribution in [0.25, 0.3) is 0 Å². The minimum absolute atomic E-state index is 0. The van der Waals surface area contributed by atoms with Crippen molar-refractivity contribution < 1.29 is 9.59 Å². The van der Waals surface area contributed by atoms with Gasteiger partial charge in [0.1, 0.15) is 0 Å². The first kappa shape index (κ1) is 18.5. The normalized spacial score (nSPS) is 14.8. The molecule has 0 heterocycles. The van der Waals surface area contributed by atoms with E-state index in [1.807, 2.05) is 32.9 Å². The van der Waals surface area contributed by atoms with Crippen molar-refractivity contribution in [1.29, 1.82) is 0 Å². The number of benzene rings is 1. The molecule has 1 saturated carbocycles. The summed E-state index contributed by atoms with van der Waals surface area (Å²) in [7, 11) is 1.61. The molecule has 2 amide bonds. The topological polar surface area (TPSA) is 75.4 Å². The number of halogens is 1. The molecule has 1 fully saturated rings. The molecule has 2 rings (SSSR count). The zero-order valence-corrected chi connectivity index (χ0v) is 14.3. The lowest BCUT2D eigenvalue weighted by atomic mass is 10.1. The summed E-state index contributed by atoms with van der Waals surface area (Å²) in [5.74, 6) is -0.361. The Morgan fingerprint density at radius 2 is 1.73 bits per heavy atom. The van der Waals surface area contributed by atoms with E-state index in [0.717, 1.165) is 22.4 Å². The van der Waals surface area contributed by atoms with Crippen molar-refractivity contribution in [3.63, 3.8) is 0 Å². The van der Waals surface area contributed by atoms with Crippen LogP contribution in [0.1, 0.15) is 29.5 Å². The number of likely N-dealkylation sites (N-methyl/N-ethyl adjacent to an activating group) is 1. The first-order valence-electron chi connectivity index (χ1n) is 7.15. The summed E-state index contributed by atoms with van der Waals surface area (Å²) in [4.78, 5) is 25.5. The highest BCUT2D eigenvalue weighted by atomic mass is 35.5. The van der Waals surface area contributed by atoms with Gasteiger partial charge in [-0.3, -0.25) is 9.59 Å². The zero-order valence-electron chi connectivity index (χ0n) is 13.5. The first-order chi connectivity index (χ1) is 9.73. The maximum Gasteiger partial charge on any atom is 0.243 e. The fourth-order valence-corrected chi connectivity index (χ4v) is 2.57. The lowest BCUT2D eigenvalue weighted by molar-refractivity contribution is -0.135. The molecule has 0 aromatic heterocycles. The van der Waals surface area contributed by atoms with Crippen LogP contribution >= 0.6 is 12.4 Å². The minimum Gasteiger partial charge on any atom is -0.335 e. The van der Waals surface area contributed by atoms with Crippen LogP contribution < -0.4 is 11.1 Å². The molecule has 1 aromatic rings. The summed E-state index contributed by atoms with van der Waals surface area (Å²) in [6.45, 7) is 5.96. The van der Waals surface area contributed by atoms with Crippen molar-refractivity contribution in [2.24, 2.45) is 5.73 Å². The van der Waals surface area contributed by atoms with Gasteiger partial charge >= 0.3 is 0 Å². The number of anilines is 1. The highest BCUT2D eigenvalue weighted by Crippen LogP contribution is 2.33. The Bertz CT molecular complexity index is 574. The molecule has 6 heteroatoms. The van der Waals surface area contributed by atoms with Gasteiger partial charge in [-0.2, -0.15) is 0 Å². The number of carbonyl (C=O) groups excluding carboxylic acids is 2. The summed E-state index contributed by atoms with van der Waals surface area (Å²) in [6.07, 6.45) is 1.40. The Morgan fingerprint density at radius 3 is 2.18 bits per heavy atom. The molecule has 0 unspecified atom stereocenters. The van der Waals surface area contributed by atoms with Gasteiger partial charge in [-0.15, -0.1) is 12.4 Å². The predicted molar refractivity (Wildman–Crippen MR) is 90.3 cm³/mol. The lowest BCUT2D eigenvalue weighted by Gasteiger charge is -2.21.